The molecule has 0 saturated heterocycles. The molecule has 1 N–H and O–H groups in total. The van der Waals surface area contributed by atoms with Crippen LogP contribution in [0.25, 0.3) is 0 Å². The Labute approximate surface area is 129 Å². The van der Waals surface area contributed by atoms with Gasteiger partial charge < -0.3 is 5.32 Å². The van der Waals surface area contributed by atoms with Crippen LogP contribution in [0.15, 0.2) is 24.3 Å². The Hall–Kier alpha value is -0.530. The zero-order valence-corrected chi connectivity index (χ0v) is 13.6. The van der Waals surface area contributed by atoms with Gasteiger partial charge in [-0.15, -0.1) is 0 Å². The second kappa shape index (κ2) is 8.05. The first kappa shape index (κ1) is 15.9. The molecule has 1 aromatic carbocycles. The molecule has 0 bridgehead atoms. The Morgan fingerprint density at radius 3 is 2.75 bits per heavy atom. The molecular weight excluding hydrogens is 266 g/mol. The Morgan fingerprint density at radius 1 is 1.20 bits per heavy atom. The lowest BCUT2D eigenvalue weighted by Gasteiger charge is -2.23. The Kier molecular flexibility index (Phi) is 6.38. The number of nitrogens with one attached hydrogen (secondary N) is 1. The van der Waals surface area contributed by atoms with Crippen LogP contribution in [0, 0.1) is 5.92 Å². The van der Waals surface area contributed by atoms with Gasteiger partial charge in [0.1, 0.15) is 0 Å². The standard InChI is InChI=1S/C18H28ClN/c1-3-7-15-8-6-9-16(13-12-15)20-14(2)17-10-4-5-11-18(17)19/h4-5,10-11,14-16,20H,3,6-9,12-13H2,1-2H3/t14-,15?,16?/m1/s1. The maximum Gasteiger partial charge on any atom is 0.0453 e. The first-order valence-electron chi connectivity index (χ1n) is 8.21. The molecule has 1 aliphatic rings. The van der Waals surface area contributed by atoms with Crippen LogP contribution < -0.4 is 5.32 Å². The van der Waals surface area contributed by atoms with Gasteiger partial charge in [-0.25, -0.2) is 0 Å². The molecule has 0 radical (unpaired) electrons. The van der Waals surface area contributed by atoms with Crippen molar-refractivity contribution < 1.29 is 0 Å². The van der Waals surface area contributed by atoms with E-state index in [0.29, 0.717) is 12.1 Å². The second-order valence-electron chi connectivity index (χ2n) is 6.27. The van der Waals surface area contributed by atoms with Gasteiger partial charge in [0.25, 0.3) is 0 Å². The summed E-state index contributed by atoms with van der Waals surface area (Å²) in [7, 11) is 0. The summed E-state index contributed by atoms with van der Waals surface area (Å²) < 4.78 is 0. The SMILES string of the molecule is CCCC1CCCC(N[C@H](C)c2ccccc2Cl)CC1. The highest BCUT2D eigenvalue weighted by molar-refractivity contribution is 6.31. The average molecular weight is 294 g/mol. The fraction of sp³-hybridized carbons (Fsp3) is 0.667. The average Bonchev–Trinajstić information content (AvgIpc) is 2.65. The van der Waals surface area contributed by atoms with Crippen LogP contribution >= 0.6 is 11.6 Å². The van der Waals surface area contributed by atoms with E-state index in [-0.39, 0.29) is 0 Å². The molecule has 1 nitrogen and oxygen atoms in total. The van der Waals surface area contributed by atoms with Crippen molar-refractivity contribution in [1.29, 1.82) is 0 Å². The van der Waals surface area contributed by atoms with Gasteiger partial charge in [0, 0.05) is 17.1 Å². The van der Waals surface area contributed by atoms with E-state index in [0.717, 1.165) is 10.9 Å². The highest BCUT2D eigenvalue weighted by Crippen LogP contribution is 2.29. The first-order chi connectivity index (χ1) is 9.70. The number of hydrogen-bond acceptors (Lipinski definition) is 1. The zero-order chi connectivity index (χ0) is 14.4. The smallest absolute Gasteiger partial charge is 0.0453 e. The maximum atomic E-state index is 6.29. The number of halogens is 1. The van der Waals surface area contributed by atoms with Crippen molar-refractivity contribution >= 4 is 11.6 Å². The molecule has 0 amide bonds. The molecule has 1 fully saturated rings. The van der Waals surface area contributed by atoms with Gasteiger partial charge in [0.15, 0.2) is 0 Å². The van der Waals surface area contributed by atoms with Crippen molar-refractivity contribution in [3.8, 4) is 0 Å². The van der Waals surface area contributed by atoms with Crippen LogP contribution in [0.5, 0.6) is 0 Å². The van der Waals surface area contributed by atoms with Crippen molar-refractivity contribution in [2.24, 2.45) is 5.92 Å². The van der Waals surface area contributed by atoms with Crippen LogP contribution in [-0.2, 0) is 0 Å². The van der Waals surface area contributed by atoms with Gasteiger partial charge in [-0.2, -0.15) is 0 Å². The van der Waals surface area contributed by atoms with Gasteiger partial charge in [0.05, 0.1) is 0 Å². The molecule has 0 aliphatic heterocycles. The number of rotatable bonds is 5. The van der Waals surface area contributed by atoms with E-state index in [4.69, 9.17) is 11.6 Å². The van der Waals surface area contributed by atoms with E-state index >= 15 is 0 Å². The molecule has 0 heterocycles. The summed E-state index contributed by atoms with van der Waals surface area (Å²) in [5.41, 5.74) is 1.23. The Bertz CT molecular complexity index is 404. The summed E-state index contributed by atoms with van der Waals surface area (Å²) >= 11 is 6.29. The van der Waals surface area contributed by atoms with Gasteiger partial charge in [-0.3, -0.25) is 0 Å². The van der Waals surface area contributed by atoms with E-state index in [1.807, 2.05) is 12.1 Å². The fourth-order valence-electron chi connectivity index (χ4n) is 3.51. The molecule has 1 aliphatic carbocycles. The lowest BCUT2D eigenvalue weighted by Crippen LogP contribution is -2.31. The van der Waals surface area contributed by atoms with Gasteiger partial charge in [0.2, 0.25) is 0 Å². The van der Waals surface area contributed by atoms with Crippen molar-refractivity contribution in [2.75, 3.05) is 0 Å². The van der Waals surface area contributed by atoms with Crippen molar-refractivity contribution in [2.45, 2.75) is 70.9 Å². The number of hydrogen-bond donors (Lipinski definition) is 1. The Morgan fingerprint density at radius 2 is 2.00 bits per heavy atom. The van der Waals surface area contributed by atoms with E-state index in [1.54, 1.807) is 0 Å². The minimum absolute atomic E-state index is 0.344. The topological polar surface area (TPSA) is 12.0 Å². The van der Waals surface area contributed by atoms with E-state index in [9.17, 15) is 0 Å². The quantitative estimate of drug-likeness (QED) is 0.683. The summed E-state index contributed by atoms with van der Waals surface area (Å²) in [6.45, 7) is 4.54. The van der Waals surface area contributed by atoms with Gasteiger partial charge in [-0.05, 0) is 43.7 Å². The minimum atomic E-state index is 0.344. The Balaban J connectivity index is 1.88. The van der Waals surface area contributed by atoms with E-state index in [1.165, 1.54) is 50.5 Å². The lowest BCUT2D eigenvalue weighted by atomic mass is 9.95. The van der Waals surface area contributed by atoms with E-state index in [2.05, 4.69) is 31.3 Å². The number of benzene rings is 1. The van der Waals surface area contributed by atoms with Crippen LogP contribution in [-0.4, -0.2) is 6.04 Å². The fourth-order valence-corrected chi connectivity index (χ4v) is 3.81. The van der Waals surface area contributed by atoms with Crippen LogP contribution in [0.4, 0.5) is 0 Å². The molecule has 20 heavy (non-hydrogen) atoms. The third-order valence-corrected chi connectivity index (χ3v) is 4.99. The highest BCUT2D eigenvalue weighted by atomic mass is 35.5. The molecule has 2 rings (SSSR count). The maximum absolute atomic E-state index is 6.29. The molecule has 112 valence electrons. The molecule has 3 atom stereocenters. The molecule has 2 unspecified atom stereocenters. The summed E-state index contributed by atoms with van der Waals surface area (Å²) in [5.74, 6) is 0.961. The molecule has 2 heteroatoms. The monoisotopic (exact) mass is 293 g/mol. The van der Waals surface area contributed by atoms with Crippen molar-refractivity contribution in [1.82, 2.24) is 5.32 Å². The molecule has 0 aromatic heterocycles. The zero-order valence-electron chi connectivity index (χ0n) is 12.9. The lowest BCUT2D eigenvalue weighted by molar-refractivity contribution is 0.393. The summed E-state index contributed by atoms with van der Waals surface area (Å²) in [6, 6.07) is 9.19. The van der Waals surface area contributed by atoms with Crippen LogP contribution in [0.3, 0.4) is 0 Å². The van der Waals surface area contributed by atoms with Gasteiger partial charge >= 0.3 is 0 Å². The van der Waals surface area contributed by atoms with Gasteiger partial charge in [-0.1, -0.05) is 62.4 Å². The molecule has 0 spiro atoms. The summed E-state index contributed by atoms with van der Waals surface area (Å²) in [6.07, 6.45) is 9.56. The highest BCUT2D eigenvalue weighted by Gasteiger charge is 2.20. The second-order valence-corrected chi connectivity index (χ2v) is 6.68. The normalized spacial score (nSPS) is 25.1. The van der Waals surface area contributed by atoms with Crippen molar-refractivity contribution in [3.05, 3.63) is 34.9 Å². The van der Waals surface area contributed by atoms with Crippen molar-refractivity contribution in [3.63, 3.8) is 0 Å². The minimum Gasteiger partial charge on any atom is -0.307 e. The van der Waals surface area contributed by atoms with Crippen LogP contribution in [0.2, 0.25) is 5.02 Å². The third-order valence-electron chi connectivity index (χ3n) is 4.64. The van der Waals surface area contributed by atoms with E-state index < -0.39 is 0 Å². The predicted octanol–water partition coefficient (Wildman–Crippen LogP) is 5.74. The largest absolute Gasteiger partial charge is 0.307 e. The molecular formula is C18H28ClN. The van der Waals surface area contributed by atoms with Crippen LogP contribution in [0.1, 0.15) is 70.4 Å². The summed E-state index contributed by atoms with van der Waals surface area (Å²) in [4.78, 5) is 0. The first-order valence-corrected chi connectivity index (χ1v) is 8.59. The third kappa shape index (κ3) is 4.49. The predicted molar refractivity (Wildman–Crippen MR) is 88.3 cm³/mol. The molecule has 1 saturated carbocycles. The molecule has 1 aromatic rings. The summed E-state index contributed by atoms with van der Waals surface area (Å²) in [5, 5.41) is 4.67.